The van der Waals surface area contributed by atoms with E-state index in [1.807, 2.05) is 30.0 Å². The van der Waals surface area contributed by atoms with Crippen molar-refractivity contribution in [1.29, 1.82) is 0 Å². The van der Waals surface area contributed by atoms with Crippen LogP contribution in [0.15, 0.2) is 36.5 Å². The van der Waals surface area contributed by atoms with Gasteiger partial charge in [-0.3, -0.25) is 4.79 Å². The van der Waals surface area contributed by atoms with Crippen molar-refractivity contribution in [2.75, 3.05) is 6.54 Å². The number of aryl methyl sites for hydroxylation is 1. The van der Waals surface area contributed by atoms with E-state index in [1.54, 1.807) is 6.07 Å². The van der Waals surface area contributed by atoms with E-state index in [0.29, 0.717) is 18.7 Å². The highest BCUT2D eigenvalue weighted by Crippen LogP contribution is 2.27. The lowest BCUT2D eigenvalue weighted by atomic mass is 10.2. The van der Waals surface area contributed by atoms with E-state index < -0.39 is 0 Å². The van der Waals surface area contributed by atoms with Crippen molar-refractivity contribution < 1.29 is 4.79 Å². The lowest BCUT2D eigenvalue weighted by molar-refractivity contribution is 0.0712. The minimum Gasteiger partial charge on any atom is -0.341 e. The molecule has 0 saturated carbocycles. The van der Waals surface area contributed by atoms with Gasteiger partial charge in [0.25, 0.3) is 5.91 Å². The lowest BCUT2D eigenvalue weighted by Crippen LogP contribution is -2.38. The molecule has 2 aromatic heterocycles. The number of carbonyl (C=O) groups is 1. The molecular weight excluding hydrogens is 312 g/mol. The van der Waals surface area contributed by atoms with Crippen LogP contribution in [0.4, 0.5) is 0 Å². The van der Waals surface area contributed by atoms with Crippen LogP contribution in [0.2, 0.25) is 5.02 Å². The molecule has 1 amide bonds. The molecule has 1 aliphatic rings. The first-order valence-electron chi connectivity index (χ1n) is 7.48. The van der Waals surface area contributed by atoms with Gasteiger partial charge in [0.15, 0.2) is 0 Å². The zero-order chi connectivity index (χ0) is 16.0. The van der Waals surface area contributed by atoms with Crippen LogP contribution in [0, 0.1) is 6.92 Å². The molecule has 1 aromatic carbocycles. The third kappa shape index (κ3) is 2.47. The maximum absolute atomic E-state index is 12.7. The summed E-state index contributed by atoms with van der Waals surface area (Å²) in [5.74, 6) is -0.00228. The highest BCUT2D eigenvalue weighted by atomic mass is 35.5. The first-order chi connectivity index (χ1) is 11.1. The lowest BCUT2D eigenvalue weighted by Gasteiger charge is -2.29. The summed E-state index contributed by atoms with van der Waals surface area (Å²) in [5.41, 5.74) is 3.63. The van der Waals surface area contributed by atoms with Gasteiger partial charge in [-0.2, -0.15) is 10.2 Å². The van der Waals surface area contributed by atoms with Crippen molar-refractivity contribution in [2.24, 2.45) is 0 Å². The summed E-state index contributed by atoms with van der Waals surface area (Å²) in [4.78, 5) is 14.5. The van der Waals surface area contributed by atoms with Gasteiger partial charge in [0.05, 0.1) is 24.0 Å². The number of carbonyl (C=O) groups excluding carboxylic acids is 1. The monoisotopic (exact) mass is 326 g/mol. The number of benzene rings is 1. The quantitative estimate of drug-likeness (QED) is 0.690. The molecule has 0 bridgehead atoms. The van der Waals surface area contributed by atoms with E-state index >= 15 is 0 Å². The van der Waals surface area contributed by atoms with Gasteiger partial charge < -0.3 is 9.47 Å². The van der Waals surface area contributed by atoms with Crippen LogP contribution < -0.4 is 0 Å². The molecule has 0 fully saturated rings. The average molecular weight is 327 g/mol. The molecule has 0 radical (unpaired) electrons. The number of rotatable bonds is 1. The van der Waals surface area contributed by atoms with E-state index in [9.17, 15) is 4.79 Å². The highest BCUT2D eigenvalue weighted by Gasteiger charge is 2.23. The zero-order valence-electron chi connectivity index (χ0n) is 12.7. The topological polar surface area (TPSA) is 51.0 Å². The van der Waals surface area contributed by atoms with Crippen LogP contribution >= 0.6 is 11.6 Å². The summed E-state index contributed by atoms with van der Waals surface area (Å²) >= 11 is 6.07. The Bertz CT molecular complexity index is 918. The molecule has 6 heteroatoms. The minimum atomic E-state index is -0.00228. The predicted octanol–water partition coefficient (Wildman–Crippen LogP) is 3.05. The molecule has 5 nitrogen and oxygen atoms in total. The van der Waals surface area contributed by atoms with Crippen LogP contribution in [0.5, 0.6) is 0 Å². The van der Waals surface area contributed by atoms with Gasteiger partial charge in [-0.25, -0.2) is 0 Å². The second-order valence-corrected chi connectivity index (χ2v) is 6.24. The van der Waals surface area contributed by atoms with E-state index in [4.69, 9.17) is 11.6 Å². The Morgan fingerprint density at radius 2 is 2.09 bits per heavy atom. The van der Waals surface area contributed by atoms with Gasteiger partial charge in [0.1, 0.15) is 0 Å². The summed E-state index contributed by atoms with van der Waals surface area (Å²) in [6.07, 6.45) is 1.53. The van der Waals surface area contributed by atoms with Crippen LogP contribution in [0.1, 0.15) is 21.7 Å². The number of halogens is 1. The molecule has 3 aromatic rings. The van der Waals surface area contributed by atoms with E-state index in [1.165, 1.54) is 6.20 Å². The molecule has 0 aliphatic carbocycles. The van der Waals surface area contributed by atoms with E-state index in [0.717, 1.165) is 33.9 Å². The van der Waals surface area contributed by atoms with E-state index in [2.05, 4.69) is 20.8 Å². The van der Waals surface area contributed by atoms with Crippen molar-refractivity contribution in [3.8, 4) is 0 Å². The molecule has 0 spiro atoms. The first kappa shape index (κ1) is 14.2. The van der Waals surface area contributed by atoms with Gasteiger partial charge in [-0.05, 0) is 37.3 Å². The molecule has 0 unspecified atom stereocenters. The maximum Gasteiger partial charge on any atom is 0.255 e. The molecule has 0 saturated heterocycles. The van der Waals surface area contributed by atoms with Crippen molar-refractivity contribution in [1.82, 2.24) is 19.7 Å². The van der Waals surface area contributed by atoms with Gasteiger partial charge in [-0.15, -0.1) is 0 Å². The van der Waals surface area contributed by atoms with Crippen molar-refractivity contribution >= 4 is 28.4 Å². The third-order valence-electron chi connectivity index (χ3n) is 4.21. The predicted molar refractivity (Wildman–Crippen MR) is 88.5 cm³/mol. The van der Waals surface area contributed by atoms with Crippen LogP contribution in [-0.4, -0.2) is 32.1 Å². The number of amides is 1. The second-order valence-electron chi connectivity index (χ2n) is 5.80. The van der Waals surface area contributed by atoms with Crippen molar-refractivity contribution in [3.63, 3.8) is 0 Å². The largest absolute Gasteiger partial charge is 0.341 e. The summed E-state index contributed by atoms with van der Waals surface area (Å²) in [6.45, 7) is 3.89. The van der Waals surface area contributed by atoms with Gasteiger partial charge in [0.2, 0.25) is 0 Å². The highest BCUT2D eigenvalue weighted by molar-refractivity contribution is 6.31. The normalized spacial score (nSPS) is 14.1. The Morgan fingerprint density at radius 3 is 2.91 bits per heavy atom. The minimum absolute atomic E-state index is 0.00228. The molecule has 1 aliphatic heterocycles. The molecule has 23 heavy (non-hydrogen) atoms. The summed E-state index contributed by atoms with van der Waals surface area (Å²) in [6, 6.07) is 9.79. The fourth-order valence-corrected chi connectivity index (χ4v) is 3.32. The summed E-state index contributed by atoms with van der Waals surface area (Å²) in [5, 5.41) is 9.62. The third-order valence-corrected chi connectivity index (χ3v) is 4.44. The fraction of sp³-hybridized carbons (Fsp3) is 0.235. The molecular formula is C17H15ClN4O. The van der Waals surface area contributed by atoms with Crippen molar-refractivity contribution in [3.05, 3.63) is 58.5 Å². The SMILES string of the molecule is Cc1cc(C(=O)N2CCn3c(cc4cc(Cl)ccc43)C2)cnn1. The summed E-state index contributed by atoms with van der Waals surface area (Å²) in [7, 11) is 0. The maximum atomic E-state index is 12.7. The standard InChI is InChI=1S/C17H15ClN4O/c1-11-6-13(9-19-20-11)17(23)21-4-5-22-15(10-21)8-12-7-14(18)2-3-16(12)22/h2-3,6-9H,4-5,10H2,1H3. The van der Waals surface area contributed by atoms with Crippen LogP contribution in [-0.2, 0) is 13.1 Å². The Kier molecular flexibility index (Phi) is 3.31. The fourth-order valence-electron chi connectivity index (χ4n) is 3.14. The number of nitrogens with zero attached hydrogens (tertiary/aromatic N) is 4. The van der Waals surface area contributed by atoms with Gasteiger partial charge in [-0.1, -0.05) is 11.6 Å². The first-order valence-corrected chi connectivity index (χ1v) is 7.86. The summed E-state index contributed by atoms with van der Waals surface area (Å²) < 4.78 is 2.26. The molecule has 0 atom stereocenters. The number of hydrogen-bond acceptors (Lipinski definition) is 3. The second kappa shape index (κ2) is 5.35. The Morgan fingerprint density at radius 1 is 1.22 bits per heavy atom. The number of hydrogen-bond donors (Lipinski definition) is 0. The Balaban J connectivity index is 1.66. The molecule has 4 rings (SSSR count). The molecule has 3 heterocycles. The van der Waals surface area contributed by atoms with Crippen LogP contribution in [0.25, 0.3) is 10.9 Å². The Labute approximate surface area is 138 Å². The average Bonchev–Trinajstić information content (AvgIpc) is 2.90. The zero-order valence-corrected chi connectivity index (χ0v) is 13.4. The van der Waals surface area contributed by atoms with Gasteiger partial charge >= 0.3 is 0 Å². The van der Waals surface area contributed by atoms with E-state index in [-0.39, 0.29) is 5.91 Å². The Hall–Kier alpha value is -2.40. The van der Waals surface area contributed by atoms with Crippen LogP contribution in [0.3, 0.4) is 0 Å². The van der Waals surface area contributed by atoms with Gasteiger partial charge in [0, 0.05) is 34.7 Å². The molecule has 116 valence electrons. The smallest absolute Gasteiger partial charge is 0.255 e. The number of aromatic nitrogens is 3. The van der Waals surface area contributed by atoms with Crippen molar-refractivity contribution in [2.45, 2.75) is 20.0 Å². The molecule has 0 N–H and O–H groups in total. The number of fused-ring (bicyclic) bond motifs is 3.